The quantitative estimate of drug-likeness (QED) is 0.0201. The molecule has 0 aliphatic rings. The molecule has 0 aliphatic carbocycles. The second-order valence-electron chi connectivity index (χ2n) is 15.4. The van der Waals surface area contributed by atoms with Crippen molar-refractivity contribution in [1.82, 2.24) is 0 Å². The van der Waals surface area contributed by atoms with Crippen LogP contribution in [0.3, 0.4) is 0 Å². The number of rotatable bonds is 41. The molecule has 1 atom stereocenters. The summed E-state index contributed by atoms with van der Waals surface area (Å²) < 4.78 is 16.7. The van der Waals surface area contributed by atoms with Crippen molar-refractivity contribution >= 4 is 17.9 Å². The van der Waals surface area contributed by atoms with Crippen molar-refractivity contribution in [3.8, 4) is 0 Å². The number of carbonyl (C=O) groups excluding carboxylic acids is 3. The number of carbonyl (C=O) groups is 3. The van der Waals surface area contributed by atoms with E-state index in [1.807, 2.05) is 36.5 Å². The zero-order valence-electron chi connectivity index (χ0n) is 38.0. The highest BCUT2D eigenvalue weighted by atomic mass is 16.6. The molecule has 0 aromatic rings. The molecular formula is C53H86O6. The highest BCUT2D eigenvalue weighted by Gasteiger charge is 2.19. The van der Waals surface area contributed by atoms with E-state index in [9.17, 15) is 14.4 Å². The van der Waals surface area contributed by atoms with Crippen molar-refractivity contribution in [2.45, 2.75) is 207 Å². The van der Waals surface area contributed by atoms with Crippen LogP contribution in [0.15, 0.2) is 97.2 Å². The van der Waals surface area contributed by atoms with Crippen molar-refractivity contribution in [3.05, 3.63) is 97.2 Å². The van der Waals surface area contributed by atoms with Crippen LogP contribution in [0.1, 0.15) is 201 Å². The minimum atomic E-state index is -0.809. The van der Waals surface area contributed by atoms with E-state index >= 15 is 0 Å². The Morgan fingerprint density at radius 1 is 0.373 bits per heavy atom. The molecule has 0 rings (SSSR count). The zero-order valence-corrected chi connectivity index (χ0v) is 38.0. The van der Waals surface area contributed by atoms with Gasteiger partial charge in [0.1, 0.15) is 13.2 Å². The molecule has 0 aromatic carbocycles. The summed E-state index contributed by atoms with van der Waals surface area (Å²) in [6.07, 6.45) is 61.0. The van der Waals surface area contributed by atoms with Crippen LogP contribution in [0.25, 0.3) is 0 Å². The third kappa shape index (κ3) is 45.3. The summed E-state index contributed by atoms with van der Waals surface area (Å²) in [6.45, 7) is 6.30. The Balaban J connectivity index is 4.51. The summed E-state index contributed by atoms with van der Waals surface area (Å²) in [5.74, 6) is -0.983. The molecule has 0 radical (unpaired) electrons. The van der Waals surface area contributed by atoms with Gasteiger partial charge in [-0.25, -0.2) is 0 Å². The largest absolute Gasteiger partial charge is 0.462 e. The summed E-state index contributed by atoms with van der Waals surface area (Å²) in [5.41, 5.74) is 0. The molecule has 0 aromatic heterocycles. The normalized spacial score (nSPS) is 12.9. The van der Waals surface area contributed by atoms with Gasteiger partial charge in [0.05, 0.1) is 0 Å². The fourth-order valence-electron chi connectivity index (χ4n) is 6.15. The molecule has 0 saturated heterocycles. The minimum absolute atomic E-state index is 0.104. The van der Waals surface area contributed by atoms with Gasteiger partial charge in [-0.3, -0.25) is 14.4 Å². The fourth-order valence-corrected chi connectivity index (χ4v) is 6.15. The van der Waals surface area contributed by atoms with E-state index in [2.05, 4.69) is 81.5 Å². The first-order valence-electron chi connectivity index (χ1n) is 23.8. The molecule has 0 spiro atoms. The van der Waals surface area contributed by atoms with Gasteiger partial charge >= 0.3 is 17.9 Å². The Labute approximate surface area is 362 Å². The SMILES string of the molecule is CC\C=C/C=C\C=C/C=C\CCCCCC(=O)OC(COC(=O)CCCCC/C=C\C/C=C\C/C=C\C/C=C\CC)COC(=O)CCCCCCCCCCCCCC. The lowest BCUT2D eigenvalue weighted by Crippen LogP contribution is -2.30. The molecule has 0 aliphatic heterocycles. The van der Waals surface area contributed by atoms with Crippen molar-refractivity contribution in [3.63, 3.8) is 0 Å². The number of ether oxygens (including phenoxy) is 3. The van der Waals surface area contributed by atoms with Crippen LogP contribution in [0.4, 0.5) is 0 Å². The van der Waals surface area contributed by atoms with Gasteiger partial charge in [-0.15, -0.1) is 0 Å². The Hall–Kier alpha value is -3.67. The zero-order chi connectivity index (χ0) is 43.0. The first-order valence-corrected chi connectivity index (χ1v) is 23.8. The van der Waals surface area contributed by atoms with Gasteiger partial charge in [0.15, 0.2) is 6.10 Å². The van der Waals surface area contributed by atoms with E-state index in [0.717, 1.165) is 96.3 Å². The molecule has 0 amide bonds. The van der Waals surface area contributed by atoms with Crippen LogP contribution < -0.4 is 0 Å². The van der Waals surface area contributed by atoms with Gasteiger partial charge in [-0.1, -0.05) is 201 Å². The van der Waals surface area contributed by atoms with Crippen LogP contribution in [-0.2, 0) is 28.6 Å². The van der Waals surface area contributed by atoms with Crippen LogP contribution in [0.5, 0.6) is 0 Å². The first-order chi connectivity index (χ1) is 29.0. The summed E-state index contributed by atoms with van der Waals surface area (Å²) in [7, 11) is 0. The lowest BCUT2D eigenvalue weighted by Gasteiger charge is -2.18. The second-order valence-corrected chi connectivity index (χ2v) is 15.4. The second kappa shape index (κ2) is 47.0. The molecule has 6 heteroatoms. The Bertz CT molecular complexity index is 1220. The average molecular weight is 819 g/mol. The standard InChI is InChI=1S/C53H86O6/c1-4-7-10-13-16-19-22-25-26-27-29-31-34-37-40-43-46-52(55)58-49-50(48-57-51(54)45-42-39-36-33-30-24-21-18-15-12-9-6-3)59-53(56)47-44-41-38-35-32-28-23-20-17-14-11-8-5-2/h7-8,10-11,14,16-17,19-20,23,25-26,28-29,31-32,50H,4-6,9,12-13,15,18,21-22,24,27,30,33-49H2,1-3H3/b10-7-,11-8-,17-14-,19-16-,23-20-,26-25-,31-29-,32-28-. The highest BCUT2D eigenvalue weighted by Crippen LogP contribution is 2.14. The van der Waals surface area contributed by atoms with Gasteiger partial charge in [0.25, 0.3) is 0 Å². The molecule has 0 bridgehead atoms. The van der Waals surface area contributed by atoms with E-state index < -0.39 is 6.10 Å². The third-order valence-corrected chi connectivity index (χ3v) is 9.68. The summed E-state index contributed by atoms with van der Waals surface area (Å²) in [6, 6.07) is 0. The fraction of sp³-hybridized carbons (Fsp3) is 0.642. The molecule has 0 saturated carbocycles. The van der Waals surface area contributed by atoms with E-state index in [0.29, 0.717) is 19.3 Å². The number of hydrogen-bond donors (Lipinski definition) is 0. The third-order valence-electron chi connectivity index (χ3n) is 9.68. The lowest BCUT2D eigenvalue weighted by molar-refractivity contribution is -0.167. The minimum Gasteiger partial charge on any atom is -0.462 e. The van der Waals surface area contributed by atoms with Gasteiger partial charge in [0, 0.05) is 19.3 Å². The smallest absolute Gasteiger partial charge is 0.306 e. The number of esters is 3. The van der Waals surface area contributed by atoms with Crippen LogP contribution >= 0.6 is 0 Å². The van der Waals surface area contributed by atoms with Crippen molar-refractivity contribution < 1.29 is 28.6 Å². The molecule has 0 N–H and O–H groups in total. The first kappa shape index (κ1) is 55.3. The highest BCUT2D eigenvalue weighted by molar-refractivity contribution is 5.71. The van der Waals surface area contributed by atoms with Crippen molar-refractivity contribution in [2.75, 3.05) is 13.2 Å². The maximum absolute atomic E-state index is 12.7. The molecule has 1 unspecified atom stereocenters. The van der Waals surface area contributed by atoms with Crippen molar-refractivity contribution in [1.29, 1.82) is 0 Å². The number of allylic oxidation sites excluding steroid dienone is 16. The maximum Gasteiger partial charge on any atom is 0.306 e. The Kier molecular flexibility index (Phi) is 44.1. The lowest BCUT2D eigenvalue weighted by atomic mass is 10.0. The van der Waals surface area contributed by atoms with Crippen LogP contribution in [0, 0.1) is 0 Å². The van der Waals surface area contributed by atoms with E-state index in [4.69, 9.17) is 14.2 Å². The van der Waals surface area contributed by atoms with Gasteiger partial charge in [-0.05, 0) is 77.0 Å². The van der Waals surface area contributed by atoms with Crippen LogP contribution in [0.2, 0.25) is 0 Å². The van der Waals surface area contributed by atoms with E-state index in [1.54, 1.807) is 0 Å². The average Bonchev–Trinajstić information content (AvgIpc) is 3.23. The summed E-state index contributed by atoms with van der Waals surface area (Å²) in [5, 5.41) is 0. The summed E-state index contributed by atoms with van der Waals surface area (Å²) in [4.78, 5) is 37.8. The van der Waals surface area contributed by atoms with E-state index in [1.165, 1.54) is 57.8 Å². The Morgan fingerprint density at radius 3 is 1.24 bits per heavy atom. The van der Waals surface area contributed by atoms with Gasteiger partial charge in [0.2, 0.25) is 0 Å². The molecular weight excluding hydrogens is 733 g/mol. The maximum atomic E-state index is 12.7. The number of unbranched alkanes of at least 4 members (excludes halogenated alkanes) is 17. The monoisotopic (exact) mass is 819 g/mol. The molecule has 59 heavy (non-hydrogen) atoms. The molecule has 0 fully saturated rings. The van der Waals surface area contributed by atoms with Gasteiger partial charge in [-0.2, -0.15) is 0 Å². The van der Waals surface area contributed by atoms with Crippen LogP contribution in [-0.4, -0.2) is 37.2 Å². The predicted molar refractivity (Wildman–Crippen MR) is 251 cm³/mol. The molecule has 334 valence electrons. The molecule has 0 heterocycles. The predicted octanol–water partition coefficient (Wildman–Crippen LogP) is 15.4. The number of hydrogen-bond acceptors (Lipinski definition) is 6. The van der Waals surface area contributed by atoms with Crippen molar-refractivity contribution in [2.24, 2.45) is 0 Å². The summed E-state index contributed by atoms with van der Waals surface area (Å²) >= 11 is 0. The Morgan fingerprint density at radius 2 is 0.746 bits per heavy atom. The van der Waals surface area contributed by atoms with E-state index in [-0.39, 0.29) is 37.5 Å². The van der Waals surface area contributed by atoms with Gasteiger partial charge < -0.3 is 14.2 Å². The topological polar surface area (TPSA) is 78.9 Å². The molecule has 6 nitrogen and oxygen atoms in total.